The molecule has 2 fully saturated rings. The Balaban J connectivity index is 1.96. The Morgan fingerprint density at radius 1 is 1.27 bits per heavy atom. The Hall–Kier alpha value is -0.610. The molecule has 0 radical (unpaired) electrons. The van der Waals surface area contributed by atoms with E-state index in [4.69, 9.17) is 4.74 Å². The van der Waals surface area contributed by atoms with Gasteiger partial charge in [-0.3, -0.25) is 4.79 Å². The third-order valence-corrected chi connectivity index (χ3v) is 3.08. The number of hydrogen-bond acceptors (Lipinski definition) is 4. The van der Waals surface area contributed by atoms with Crippen molar-refractivity contribution in [3.05, 3.63) is 0 Å². The number of hydrogen-bond donors (Lipinski definition) is 2. The molecule has 15 heavy (non-hydrogen) atoms. The summed E-state index contributed by atoms with van der Waals surface area (Å²) >= 11 is 0. The van der Waals surface area contributed by atoms with Crippen LogP contribution in [0, 0.1) is 11.8 Å². The van der Waals surface area contributed by atoms with Gasteiger partial charge in [0.05, 0.1) is 0 Å². The van der Waals surface area contributed by atoms with Crippen LogP contribution in [-0.4, -0.2) is 37.2 Å². The lowest BCUT2D eigenvalue weighted by Gasteiger charge is -2.24. The van der Waals surface area contributed by atoms with Crippen LogP contribution in [0.3, 0.4) is 0 Å². The van der Waals surface area contributed by atoms with Crippen molar-refractivity contribution in [2.45, 2.75) is 32.4 Å². The molecule has 0 aromatic heterocycles. The Labute approximate surface area is 90.8 Å². The first kappa shape index (κ1) is 10.9. The Morgan fingerprint density at radius 3 is 2.67 bits per heavy atom. The van der Waals surface area contributed by atoms with E-state index in [2.05, 4.69) is 10.6 Å². The Morgan fingerprint density at radius 2 is 2.00 bits per heavy atom. The summed E-state index contributed by atoms with van der Waals surface area (Å²) in [5, 5.41) is 6.59. The van der Waals surface area contributed by atoms with Gasteiger partial charge in [0.2, 0.25) is 0 Å². The van der Waals surface area contributed by atoms with E-state index in [1.165, 1.54) is 0 Å². The highest BCUT2D eigenvalue weighted by molar-refractivity contribution is 5.77. The van der Waals surface area contributed by atoms with Crippen molar-refractivity contribution in [1.29, 1.82) is 0 Å². The average molecular weight is 212 g/mol. The minimum Gasteiger partial charge on any atom is -0.459 e. The van der Waals surface area contributed by atoms with E-state index >= 15 is 0 Å². The first-order valence-electron chi connectivity index (χ1n) is 5.64. The molecule has 0 aromatic rings. The van der Waals surface area contributed by atoms with Gasteiger partial charge in [-0.25, -0.2) is 0 Å². The van der Waals surface area contributed by atoms with Crippen molar-refractivity contribution >= 4 is 5.97 Å². The molecular weight excluding hydrogens is 192 g/mol. The van der Waals surface area contributed by atoms with Gasteiger partial charge in [0.1, 0.15) is 11.6 Å². The molecule has 4 heteroatoms. The zero-order valence-corrected chi connectivity index (χ0v) is 9.67. The molecule has 0 amide bonds. The van der Waals surface area contributed by atoms with Crippen LogP contribution >= 0.6 is 0 Å². The van der Waals surface area contributed by atoms with Gasteiger partial charge in [-0.2, -0.15) is 0 Å². The van der Waals surface area contributed by atoms with E-state index < -0.39 is 0 Å². The molecule has 86 valence electrons. The molecule has 2 rings (SSSR count). The van der Waals surface area contributed by atoms with Crippen molar-refractivity contribution in [3.63, 3.8) is 0 Å². The number of ether oxygens (including phenoxy) is 1. The molecule has 0 aromatic carbocycles. The largest absolute Gasteiger partial charge is 0.459 e. The number of rotatable bonds is 1. The maximum Gasteiger partial charge on any atom is 0.324 e. The normalized spacial score (nSPS) is 35.3. The van der Waals surface area contributed by atoms with Crippen molar-refractivity contribution in [3.8, 4) is 0 Å². The van der Waals surface area contributed by atoms with E-state index in [0.717, 1.165) is 19.6 Å². The fourth-order valence-corrected chi connectivity index (χ4v) is 2.42. The van der Waals surface area contributed by atoms with E-state index in [1.54, 1.807) is 0 Å². The van der Waals surface area contributed by atoms with Crippen LogP contribution in [0.1, 0.15) is 20.8 Å². The average Bonchev–Trinajstić information content (AvgIpc) is 2.57. The van der Waals surface area contributed by atoms with Crippen molar-refractivity contribution in [2.24, 2.45) is 11.8 Å². The van der Waals surface area contributed by atoms with Crippen LogP contribution in [0.2, 0.25) is 0 Å². The summed E-state index contributed by atoms with van der Waals surface area (Å²) in [4.78, 5) is 11.9. The molecule has 2 saturated heterocycles. The molecule has 3 unspecified atom stereocenters. The highest BCUT2D eigenvalue weighted by atomic mass is 16.6. The molecule has 2 heterocycles. The fourth-order valence-electron chi connectivity index (χ4n) is 2.42. The third-order valence-electron chi connectivity index (χ3n) is 3.08. The summed E-state index contributed by atoms with van der Waals surface area (Å²) in [5.41, 5.74) is -0.386. The molecule has 3 atom stereocenters. The second-order valence-corrected chi connectivity index (χ2v) is 5.50. The predicted molar refractivity (Wildman–Crippen MR) is 57.5 cm³/mol. The molecule has 2 aliphatic rings. The van der Waals surface area contributed by atoms with Crippen LogP contribution in [0.5, 0.6) is 0 Å². The summed E-state index contributed by atoms with van der Waals surface area (Å²) < 4.78 is 5.40. The molecule has 4 nitrogen and oxygen atoms in total. The van der Waals surface area contributed by atoms with Gasteiger partial charge in [-0.1, -0.05) is 0 Å². The summed E-state index contributed by atoms with van der Waals surface area (Å²) in [7, 11) is 0. The lowest BCUT2D eigenvalue weighted by atomic mass is 9.94. The molecule has 0 spiro atoms. The summed E-state index contributed by atoms with van der Waals surface area (Å²) in [5.74, 6) is 0.918. The summed E-state index contributed by atoms with van der Waals surface area (Å²) in [6, 6.07) is -0.107. The lowest BCUT2D eigenvalue weighted by molar-refractivity contribution is -0.158. The smallest absolute Gasteiger partial charge is 0.324 e. The first-order valence-corrected chi connectivity index (χ1v) is 5.64. The maximum atomic E-state index is 11.9. The summed E-state index contributed by atoms with van der Waals surface area (Å²) in [6.07, 6.45) is 0. The van der Waals surface area contributed by atoms with Crippen LogP contribution in [0.4, 0.5) is 0 Å². The zero-order valence-electron chi connectivity index (χ0n) is 9.67. The monoisotopic (exact) mass is 212 g/mol. The van der Waals surface area contributed by atoms with E-state index in [1.807, 2.05) is 20.8 Å². The highest BCUT2D eigenvalue weighted by Gasteiger charge is 2.44. The zero-order chi connectivity index (χ0) is 11.1. The van der Waals surface area contributed by atoms with Gasteiger partial charge in [0.15, 0.2) is 0 Å². The molecule has 2 aliphatic heterocycles. The van der Waals surface area contributed by atoms with Crippen molar-refractivity contribution in [2.75, 3.05) is 19.6 Å². The number of carbonyl (C=O) groups is 1. The van der Waals surface area contributed by atoms with E-state index in [-0.39, 0.29) is 17.6 Å². The first-order chi connectivity index (χ1) is 6.97. The van der Waals surface area contributed by atoms with Crippen LogP contribution in [0.25, 0.3) is 0 Å². The predicted octanol–water partition coefficient (Wildman–Crippen LogP) is 0.136. The standard InChI is InChI=1S/C11H20N2O2/c1-11(2,3)15-10(14)9-8-6-12-4-7(8)5-13-9/h7-9,12-13H,4-6H2,1-3H3. The van der Waals surface area contributed by atoms with Gasteiger partial charge in [0, 0.05) is 19.0 Å². The topological polar surface area (TPSA) is 50.4 Å². The molecule has 2 N–H and O–H groups in total. The second-order valence-electron chi connectivity index (χ2n) is 5.50. The maximum absolute atomic E-state index is 11.9. The molecule has 0 bridgehead atoms. The number of nitrogens with one attached hydrogen (secondary N) is 2. The van der Waals surface area contributed by atoms with Gasteiger partial charge < -0.3 is 15.4 Å². The van der Waals surface area contributed by atoms with Gasteiger partial charge in [-0.15, -0.1) is 0 Å². The van der Waals surface area contributed by atoms with Gasteiger partial charge in [-0.05, 0) is 33.2 Å². The molecular formula is C11H20N2O2. The SMILES string of the molecule is CC(C)(C)OC(=O)C1NCC2CNCC21. The minimum absolute atomic E-state index is 0.0984. The molecule has 0 aliphatic carbocycles. The van der Waals surface area contributed by atoms with Crippen LogP contribution < -0.4 is 10.6 Å². The lowest BCUT2D eigenvalue weighted by Crippen LogP contribution is -2.42. The fraction of sp³-hybridized carbons (Fsp3) is 0.909. The van der Waals surface area contributed by atoms with Crippen molar-refractivity contribution < 1.29 is 9.53 Å². The number of fused-ring (bicyclic) bond motifs is 1. The molecule has 0 saturated carbocycles. The van der Waals surface area contributed by atoms with Gasteiger partial charge >= 0.3 is 5.97 Å². The highest BCUT2D eigenvalue weighted by Crippen LogP contribution is 2.27. The number of esters is 1. The van der Waals surface area contributed by atoms with Crippen LogP contribution in [0.15, 0.2) is 0 Å². The van der Waals surface area contributed by atoms with Gasteiger partial charge in [0.25, 0.3) is 0 Å². The third kappa shape index (κ3) is 2.32. The second kappa shape index (κ2) is 3.76. The summed E-state index contributed by atoms with van der Waals surface area (Å²) in [6.45, 7) is 8.61. The quantitative estimate of drug-likeness (QED) is 0.607. The Kier molecular flexibility index (Phi) is 2.73. The minimum atomic E-state index is -0.386. The van der Waals surface area contributed by atoms with E-state index in [0.29, 0.717) is 11.8 Å². The number of carbonyl (C=O) groups excluding carboxylic acids is 1. The van der Waals surface area contributed by atoms with E-state index in [9.17, 15) is 4.79 Å². The van der Waals surface area contributed by atoms with Crippen LogP contribution in [-0.2, 0) is 9.53 Å². The van der Waals surface area contributed by atoms with Crippen molar-refractivity contribution in [1.82, 2.24) is 10.6 Å². The Bertz CT molecular complexity index is 260.